The maximum Gasteiger partial charge on any atom is 0.410 e. The van der Waals surface area contributed by atoms with Gasteiger partial charge in [0.05, 0.1) is 6.61 Å². The minimum atomic E-state index is -0.514. The minimum absolute atomic E-state index is 0.113. The molecule has 1 amide bonds. The number of rotatable bonds is 2. The molecule has 0 atom stereocenters. The Morgan fingerprint density at radius 2 is 1.86 bits per heavy atom. The Morgan fingerprint density at radius 3 is 2.52 bits per heavy atom. The molecule has 1 saturated heterocycles. The van der Waals surface area contributed by atoms with Crippen LogP contribution in [0.25, 0.3) is 11.2 Å². The largest absolute Gasteiger partial charge is 0.464 e. The van der Waals surface area contributed by atoms with Crippen LogP contribution >= 0.6 is 0 Å². The molecule has 0 saturated carbocycles. The number of aryl methyl sites for hydroxylation is 1. The van der Waals surface area contributed by atoms with Gasteiger partial charge in [-0.25, -0.2) is 4.79 Å². The molecule has 0 aromatic carbocycles. The third kappa shape index (κ3) is 3.63. The van der Waals surface area contributed by atoms with E-state index in [1.54, 1.807) is 9.47 Å². The molecule has 10 nitrogen and oxygen atoms in total. The summed E-state index contributed by atoms with van der Waals surface area (Å²) in [6, 6.07) is 0.343. The Balaban J connectivity index is 1.60. The van der Waals surface area contributed by atoms with Crippen LogP contribution < -0.4 is 15.2 Å². The van der Waals surface area contributed by atoms with Gasteiger partial charge in [0.2, 0.25) is 5.95 Å². The zero-order valence-electron chi connectivity index (χ0n) is 17.5. The molecule has 2 aliphatic rings. The van der Waals surface area contributed by atoms with E-state index in [0.717, 1.165) is 6.42 Å². The number of piperazine rings is 1. The summed E-state index contributed by atoms with van der Waals surface area (Å²) in [4.78, 5) is 38.3. The van der Waals surface area contributed by atoms with Crippen molar-refractivity contribution in [2.45, 2.75) is 52.8 Å². The van der Waals surface area contributed by atoms with E-state index in [4.69, 9.17) is 9.47 Å². The number of imidazole rings is 1. The first-order chi connectivity index (χ1) is 13.8. The highest BCUT2D eigenvalue weighted by Gasteiger charge is 2.29. The molecule has 2 aromatic rings. The zero-order valence-corrected chi connectivity index (χ0v) is 17.5. The van der Waals surface area contributed by atoms with E-state index in [9.17, 15) is 9.59 Å². The maximum absolute atomic E-state index is 13.0. The van der Waals surface area contributed by atoms with Gasteiger partial charge >= 0.3 is 12.1 Å². The predicted octanol–water partition coefficient (Wildman–Crippen LogP) is 1.45. The van der Waals surface area contributed by atoms with Gasteiger partial charge in [0.25, 0.3) is 5.56 Å². The number of anilines is 1. The van der Waals surface area contributed by atoms with Crippen molar-refractivity contribution < 1.29 is 14.3 Å². The van der Waals surface area contributed by atoms with Crippen molar-refractivity contribution in [1.82, 2.24) is 24.0 Å². The lowest BCUT2D eigenvalue weighted by atomic mass is 10.2. The fraction of sp³-hybridized carbons (Fsp3) is 0.684. The van der Waals surface area contributed by atoms with Crippen LogP contribution in [0.4, 0.5) is 10.7 Å². The van der Waals surface area contributed by atoms with Crippen molar-refractivity contribution in [3.8, 4) is 6.01 Å². The first-order valence-corrected chi connectivity index (χ1v) is 10.1. The summed E-state index contributed by atoms with van der Waals surface area (Å²) in [5.41, 5.74) is 0.290. The average Bonchev–Trinajstić information content (AvgIpc) is 3.05. The van der Waals surface area contributed by atoms with Crippen LogP contribution in [0.15, 0.2) is 4.79 Å². The first-order valence-electron chi connectivity index (χ1n) is 10.1. The second kappa shape index (κ2) is 7.23. The molecule has 4 heterocycles. The molecule has 10 heteroatoms. The molecule has 0 spiro atoms. The third-order valence-electron chi connectivity index (χ3n) is 5.10. The smallest absolute Gasteiger partial charge is 0.410 e. The van der Waals surface area contributed by atoms with Gasteiger partial charge in [0.15, 0.2) is 11.2 Å². The van der Waals surface area contributed by atoms with E-state index in [-0.39, 0.29) is 11.7 Å². The number of hydrogen-bond donors (Lipinski definition) is 0. The number of carbonyl (C=O) groups excluding carboxylic acids is 1. The molecular weight excluding hydrogens is 376 g/mol. The Kier molecular flexibility index (Phi) is 4.87. The highest BCUT2D eigenvalue weighted by molar-refractivity contribution is 5.75. The van der Waals surface area contributed by atoms with Crippen LogP contribution in [-0.4, -0.2) is 68.5 Å². The van der Waals surface area contributed by atoms with E-state index >= 15 is 0 Å². The summed E-state index contributed by atoms with van der Waals surface area (Å²) in [6.45, 7) is 11.6. The minimum Gasteiger partial charge on any atom is -0.464 e. The summed E-state index contributed by atoms with van der Waals surface area (Å²) in [5, 5.41) is 0. The van der Waals surface area contributed by atoms with Gasteiger partial charge in [-0.1, -0.05) is 0 Å². The number of fused-ring (bicyclic) bond motifs is 2. The van der Waals surface area contributed by atoms with Crippen LogP contribution in [-0.2, 0) is 17.8 Å². The third-order valence-corrected chi connectivity index (χ3v) is 5.10. The van der Waals surface area contributed by atoms with Gasteiger partial charge in [0.1, 0.15) is 5.60 Å². The quantitative estimate of drug-likeness (QED) is 0.748. The molecule has 0 bridgehead atoms. The second-order valence-electron chi connectivity index (χ2n) is 8.34. The summed E-state index contributed by atoms with van der Waals surface area (Å²) in [7, 11) is 0. The lowest BCUT2D eigenvalue weighted by molar-refractivity contribution is 0.0240. The highest BCUT2D eigenvalue weighted by atomic mass is 16.6. The van der Waals surface area contributed by atoms with E-state index < -0.39 is 5.60 Å². The summed E-state index contributed by atoms with van der Waals surface area (Å²) in [6.07, 6.45) is 0.491. The van der Waals surface area contributed by atoms with Crippen LogP contribution in [0.1, 0.15) is 34.1 Å². The number of carbonyl (C=O) groups is 1. The van der Waals surface area contributed by atoms with Crippen LogP contribution in [0.5, 0.6) is 6.01 Å². The highest BCUT2D eigenvalue weighted by Crippen LogP contribution is 2.24. The van der Waals surface area contributed by atoms with Crippen LogP contribution in [0, 0.1) is 0 Å². The molecule has 0 N–H and O–H groups in total. The van der Waals surface area contributed by atoms with Gasteiger partial charge in [-0.3, -0.25) is 9.36 Å². The molecule has 2 aliphatic heterocycles. The van der Waals surface area contributed by atoms with E-state index in [1.165, 1.54) is 0 Å². The Morgan fingerprint density at radius 1 is 1.14 bits per heavy atom. The van der Waals surface area contributed by atoms with Crippen molar-refractivity contribution in [3.63, 3.8) is 0 Å². The molecule has 158 valence electrons. The SMILES string of the molecule is CCn1c(N2CCN(C(=O)OC(C)(C)C)CC2)nc2nc3n(c(=O)c21)CCCO3. The molecule has 29 heavy (non-hydrogen) atoms. The van der Waals surface area contributed by atoms with E-state index in [1.807, 2.05) is 32.3 Å². The molecular formula is C19H28N6O4. The van der Waals surface area contributed by atoms with Crippen LogP contribution in [0.2, 0.25) is 0 Å². The number of nitrogens with zero attached hydrogens (tertiary/aromatic N) is 6. The molecule has 1 fully saturated rings. The van der Waals surface area contributed by atoms with Crippen LogP contribution in [0.3, 0.4) is 0 Å². The number of amides is 1. The maximum atomic E-state index is 13.0. The van der Waals surface area contributed by atoms with Gasteiger partial charge < -0.3 is 23.8 Å². The van der Waals surface area contributed by atoms with Crippen molar-refractivity contribution in [2.75, 3.05) is 37.7 Å². The first kappa shape index (κ1) is 19.5. The zero-order chi connectivity index (χ0) is 20.8. The molecule has 2 aromatic heterocycles. The monoisotopic (exact) mass is 404 g/mol. The van der Waals surface area contributed by atoms with E-state index in [0.29, 0.717) is 69.0 Å². The summed E-state index contributed by atoms with van der Waals surface area (Å²) < 4.78 is 14.5. The Hall–Kier alpha value is -2.78. The van der Waals surface area contributed by atoms with Gasteiger partial charge in [-0.15, -0.1) is 0 Å². The molecule has 0 radical (unpaired) electrons. The predicted molar refractivity (Wildman–Crippen MR) is 108 cm³/mol. The molecule has 0 unspecified atom stereocenters. The van der Waals surface area contributed by atoms with Crippen molar-refractivity contribution in [3.05, 3.63) is 10.4 Å². The van der Waals surface area contributed by atoms with Gasteiger partial charge in [0, 0.05) is 39.3 Å². The fourth-order valence-electron chi connectivity index (χ4n) is 3.73. The van der Waals surface area contributed by atoms with Crippen molar-refractivity contribution in [1.29, 1.82) is 0 Å². The average molecular weight is 404 g/mol. The van der Waals surface area contributed by atoms with Crippen molar-refractivity contribution in [2.24, 2.45) is 0 Å². The second-order valence-corrected chi connectivity index (χ2v) is 8.34. The Bertz CT molecular complexity index is 981. The Labute approximate surface area is 169 Å². The number of aromatic nitrogens is 4. The number of ether oxygens (including phenoxy) is 2. The van der Waals surface area contributed by atoms with Gasteiger partial charge in [-0.2, -0.15) is 9.97 Å². The number of hydrogen-bond acceptors (Lipinski definition) is 7. The van der Waals surface area contributed by atoms with Gasteiger partial charge in [-0.05, 0) is 34.1 Å². The summed E-state index contributed by atoms with van der Waals surface area (Å²) in [5.74, 6) is 0.707. The topological polar surface area (TPSA) is 94.7 Å². The molecule has 0 aliphatic carbocycles. The molecule has 4 rings (SSSR count). The van der Waals surface area contributed by atoms with E-state index in [2.05, 4.69) is 14.9 Å². The standard InChI is InChI=1S/C19H28N6O4/c1-5-24-13-14(21-17-25(15(13)26)7-6-12-28-17)20-16(24)22-8-10-23(11-9-22)18(27)29-19(2,3)4/h5-12H2,1-4H3. The lowest BCUT2D eigenvalue weighted by Crippen LogP contribution is -2.50. The summed E-state index contributed by atoms with van der Waals surface area (Å²) >= 11 is 0. The lowest BCUT2D eigenvalue weighted by Gasteiger charge is -2.36. The normalized spacial score (nSPS) is 17.2. The van der Waals surface area contributed by atoms with Crippen molar-refractivity contribution >= 4 is 23.2 Å². The fourth-order valence-corrected chi connectivity index (χ4v) is 3.73.